The van der Waals surface area contributed by atoms with E-state index in [4.69, 9.17) is 5.26 Å². The molecule has 0 heterocycles. The van der Waals surface area contributed by atoms with Crippen LogP contribution in [-0.4, -0.2) is 5.11 Å². The van der Waals surface area contributed by atoms with Crippen LogP contribution in [-0.2, 0) is 0 Å². The Bertz CT molecular complexity index is 584. The van der Waals surface area contributed by atoms with Gasteiger partial charge in [0.05, 0.1) is 18.6 Å². The monoisotopic (exact) mass is 237 g/mol. The third kappa shape index (κ3) is 2.58. The highest BCUT2D eigenvalue weighted by atomic mass is 16.3. The zero-order chi connectivity index (χ0) is 13.0. The van der Waals surface area contributed by atoms with Gasteiger partial charge < -0.3 is 5.11 Å². The van der Waals surface area contributed by atoms with E-state index in [1.807, 2.05) is 42.5 Å². The van der Waals surface area contributed by atoms with Crippen molar-refractivity contribution in [1.29, 1.82) is 5.26 Å². The molecule has 90 valence electrons. The number of hydrogen-bond acceptors (Lipinski definition) is 2. The van der Waals surface area contributed by atoms with Crippen LogP contribution in [0.4, 0.5) is 0 Å². The SMILES string of the molecule is Cc1ccccc1-c1cccc(C(O)CC#N)c1. The fourth-order valence-electron chi connectivity index (χ4n) is 2.01. The van der Waals surface area contributed by atoms with Crippen molar-refractivity contribution in [3.63, 3.8) is 0 Å². The largest absolute Gasteiger partial charge is 0.387 e. The number of benzene rings is 2. The number of hydrogen-bond donors (Lipinski definition) is 1. The molecule has 1 unspecified atom stereocenters. The lowest BCUT2D eigenvalue weighted by Crippen LogP contribution is -1.96. The second-order valence-electron chi connectivity index (χ2n) is 4.32. The molecule has 0 fully saturated rings. The fourth-order valence-corrected chi connectivity index (χ4v) is 2.01. The fraction of sp³-hybridized carbons (Fsp3) is 0.188. The van der Waals surface area contributed by atoms with Crippen LogP contribution in [0.15, 0.2) is 48.5 Å². The maximum atomic E-state index is 9.84. The average molecular weight is 237 g/mol. The van der Waals surface area contributed by atoms with Gasteiger partial charge >= 0.3 is 0 Å². The summed E-state index contributed by atoms with van der Waals surface area (Å²) in [6.45, 7) is 2.06. The summed E-state index contributed by atoms with van der Waals surface area (Å²) in [5.74, 6) is 0. The molecule has 0 aromatic heterocycles. The molecule has 0 radical (unpaired) electrons. The summed E-state index contributed by atoms with van der Waals surface area (Å²) in [5.41, 5.74) is 4.22. The van der Waals surface area contributed by atoms with Crippen molar-refractivity contribution in [2.75, 3.05) is 0 Å². The molecule has 2 nitrogen and oxygen atoms in total. The Morgan fingerprint density at radius 1 is 1.17 bits per heavy atom. The highest BCUT2D eigenvalue weighted by Gasteiger charge is 2.08. The number of aliphatic hydroxyl groups excluding tert-OH is 1. The van der Waals surface area contributed by atoms with Crippen molar-refractivity contribution in [2.24, 2.45) is 0 Å². The summed E-state index contributed by atoms with van der Waals surface area (Å²) in [6.07, 6.45) is -0.587. The second kappa shape index (κ2) is 5.48. The summed E-state index contributed by atoms with van der Waals surface area (Å²) in [7, 11) is 0. The molecule has 0 saturated carbocycles. The van der Waals surface area contributed by atoms with E-state index in [1.165, 1.54) is 5.56 Å². The van der Waals surface area contributed by atoms with Crippen LogP contribution in [0.1, 0.15) is 23.7 Å². The molecule has 0 amide bonds. The van der Waals surface area contributed by atoms with Gasteiger partial charge in [-0.25, -0.2) is 0 Å². The van der Waals surface area contributed by atoms with E-state index in [1.54, 1.807) is 0 Å². The van der Waals surface area contributed by atoms with Crippen LogP contribution < -0.4 is 0 Å². The van der Waals surface area contributed by atoms with Gasteiger partial charge in [-0.2, -0.15) is 5.26 Å². The van der Waals surface area contributed by atoms with E-state index in [2.05, 4.69) is 19.1 Å². The van der Waals surface area contributed by atoms with Crippen molar-refractivity contribution < 1.29 is 5.11 Å². The van der Waals surface area contributed by atoms with Gasteiger partial charge in [-0.05, 0) is 35.2 Å². The summed E-state index contributed by atoms with van der Waals surface area (Å²) in [6, 6.07) is 17.9. The topological polar surface area (TPSA) is 44.0 Å². The predicted molar refractivity (Wildman–Crippen MR) is 71.8 cm³/mol. The van der Waals surface area contributed by atoms with E-state index >= 15 is 0 Å². The third-order valence-electron chi connectivity index (χ3n) is 3.01. The van der Waals surface area contributed by atoms with Crippen LogP contribution in [0.25, 0.3) is 11.1 Å². The van der Waals surface area contributed by atoms with Crippen LogP contribution in [0, 0.1) is 18.3 Å². The quantitative estimate of drug-likeness (QED) is 0.886. The molecule has 1 N–H and O–H groups in total. The molecule has 0 bridgehead atoms. The standard InChI is InChI=1S/C16H15NO/c1-12-5-2-3-8-15(12)13-6-4-7-14(11-13)16(18)9-10-17/h2-8,11,16,18H,9H2,1H3. The van der Waals surface area contributed by atoms with Gasteiger partial charge in [0, 0.05) is 0 Å². The maximum absolute atomic E-state index is 9.84. The predicted octanol–water partition coefficient (Wildman–Crippen LogP) is 3.61. The summed E-state index contributed by atoms with van der Waals surface area (Å²) < 4.78 is 0. The molecule has 2 rings (SSSR count). The normalized spacial score (nSPS) is 11.8. The summed E-state index contributed by atoms with van der Waals surface area (Å²) >= 11 is 0. The molecule has 1 atom stereocenters. The zero-order valence-electron chi connectivity index (χ0n) is 10.3. The van der Waals surface area contributed by atoms with Gasteiger partial charge in [0.15, 0.2) is 0 Å². The van der Waals surface area contributed by atoms with Crippen LogP contribution in [0.3, 0.4) is 0 Å². The second-order valence-corrected chi connectivity index (χ2v) is 4.32. The molecular formula is C16H15NO. The van der Waals surface area contributed by atoms with E-state index in [-0.39, 0.29) is 6.42 Å². The molecular weight excluding hydrogens is 222 g/mol. The van der Waals surface area contributed by atoms with Crippen molar-refractivity contribution in [3.05, 3.63) is 59.7 Å². The minimum absolute atomic E-state index is 0.122. The van der Waals surface area contributed by atoms with Crippen molar-refractivity contribution in [1.82, 2.24) is 0 Å². The first-order valence-electron chi connectivity index (χ1n) is 5.93. The van der Waals surface area contributed by atoms with E-state index in [0.717, 1.165) is 16.7 Å². The molecule has 0 aliphatic carbocycles. The molecule has 2 aromatic carbocycles. The molecule has 2 heteroatoms. The number of rotatable bonds is 3. The Balaban J connectivity index is 2.39. The van der Waals surface area contributed by atoms with Crippen molar-refractivity contribution in [3.8, 4) is 17.2 Å². The molecule has 18 heavy (non-hydrogen) atoms. The van der Waals surface area contributed by atoms with Gasteiger partial charge in [0.2, 0.25) is 0 Å². The minimum atomic E-state index is -0.709. The Morgan fingerprint density at radius 2 is 1.94 bits per heavy atom. The minimum Gasteiger partial charge on any atom is -0.387 e. The number of aliphatic hydroxyl groups is 1. The Morgan fingerprint density at radius 3 is 2.67 bits per heavy atom. The molecule has 2 aromatic rings. The third-order valence-corrected chi connectivity index (χ3v) is 3.01. The van der Waals surface area contributed by atoms with E-state index in [9.17, 15) is 5.11 Å². The van der Waals surface area contributed by atoms with Gasteiger partial charge in [-0.1, -0.05) is 42.5 Å². The van der Waals surface area contributed by atoms with Gasteiger partial charge in [-0.3, -0.25) is 0 Å². The lowest BCUT2D eigenvalue weighted by Gasteiger charge is -2.10. The van der Waals surface area contributed by atoms with E-state index in [0.29, 0.717) is 0 Å². The molecule has 0 saturated heterocycles. The van der Waals surface area contributed by atoms with Gasteiger partial charge in [0.1, 0.15) is 0 Å². The van der Waals surface area contributed by atoms with Crippen molar-refractivity contribution in [2.45, 2.75) is 19.4 Å². The first kappa shape index (κ1) is 12.3. The number of aryl methyl sites for hydroxylation is 1. The van der Waals surface area contributed by atoms with Gasteiger partial charge in [-0.15, -0.1) is 0 Å². The summed E-state index contributed by atoms with van der Waals surface area (Å²) in [5, 5.41) is 18.5. The highest BCUT2D eigenvalue weighted by molar-refractivity contribution is 5.67. The first-order valence-corrected chi connectivity index (χ1v) is 5.93. The number of nitrogens with zero attached hydrogens (tertiary/aromatic N) is 1. The Kier molecular flexibility index (Phi) is 3.76. The van der Waals surface area contributed by atoms with E-state index < -0.39 is 6.10 Å². The van der Waals surface area contributed by atoms with Crippen LogP contribution in [0.5, 0.6) is 0 Å². The first-order chi connectivity index (χ1) is 8.72. The smallest absolute Gasteiger partial charge is 0.0920 e. The highest BCUT2D eigenvalue weighted by Crippen LogP contribution is 2.26. The van der Waals surface area contributed by atoms with Crippen molar-refractivity contribution >= 4 is 0 Å². The Labute approximate surface area is 107 Å². The summed E-state index contributed by atoms with van der Waals surface area (Å²) in [4.78, 5) is 0. The lowest BCUT2D eigenvalue weighted by atomic mass is 9.97. The van der Waals surface area contributed by atoms with Crippen LogP contribution >= 0.6 is 0 Å². The Hall–Kier alpha value is -2.11. The van der Waals surface area contributed by atoms with Crippen LogP contribution in [0.2, 0.25) is 0 Å². The maximum Gasteiger partial charge on any atom is 0.0920 e. The molecule has 0 spiro atoms. The van der Waals surface area contributed by atoms with Gasteiger partial charge in [0.25, 0.3) is 0 Å². The molecule has 0 aliphatic heterocycles. The zero-order valence-corrected chi connectivity index (χ0v) is 10.3. The average Bonchev–Trinajstić information content (AvgIpc) is 2.40. The molecule has 0 aliphatic rings. The number of nitriles is 1. The lowest BCUT2D eigenvalue weighted by molar-refractivity contribution is 0.183.